The molecule has 0 spiro atoms. The number of nitrogens with one attached hydrogen (secondary N) is 4. The van der Waals surface area contributed by atoms with Crippen LogP contribution in [-0.2, 0) is 19.1 Å². The minimum Gasteiger partial charge on any atom is -0.453 e. The zero-order valence-corrected chi connectivity index (χ0v) is 31.0. The fourth-order valence-corrected chi connectivity index (χ4v) is 7.06. The Hall–Kier alpha value is -5.88. The van der Waals surface area contributed by atoms with Crippen LogP contribution in [0, 0.1) is 17.8 Å². The molecular weight excluding hydrogens is 692 g/mol. The van der Waals surface area contributed by atoms with E-state index >= 15 is 0 Å². The van der Waals surface area contributed by atoms with Crippen molar-refractivity contribution in [3.8, 4) is 23.1 Å². The van der Waals surface area contributed by atoms with Crippen molar-refractivity contribution in [2.45, 2.75) is 76.7 Å². The number of benzene rings is 2. The average Bonchev–Trinajstić information content (AvgIpc) is 4.00. The lowest BCUT2D eigenvalue weighted by atomic mass is 10.0. The molecule has 2 aromatic heterocycles. The highest BCUT2D eigenvalue weighted by atomic mass is 16.5. The van der Waals surface area contributed by atoms with E-state index in [1.54, 1.807) is 16.0 Å². The van der Waals surface area contributed by atoms with Gasteiger partial charge in [0.25, 0.3) is 0 Å². The SMILES string of the molecule is COC(=O)N[C@H](C(=O)N1CCCC1c1ncc(-c2ccc(C#Cc3ccc4nc([C@@H]5CCCN5C(=O)[C@@H](NC(=O)OC)[C@H](C)O)[nH]c4c3)cc2)[nH]1)C(C)C. The Bertz CT molecular complexity index is 2060. The minimum absolute atomic E-state index is 0.115. The quantitative estimate of drug-likeness (QED) is 0.157. The number of alkyl carbamates (subject to hydrolysis) is 2. The molecule has 4 amide bonds. The van der Waals surface area contributed by atoms with Gasteiger partial charge in [0, 0.05) is 24.2 Å². The molecule has 284 valence electrons. The van der Waals surface area contributed by atoms with Crippen LogP contribution < -0.4 is 10.6 Å². The lowest BCUT2D eigenvalue weighted by Gasteiger charge is -2.30. The zero-order chi connectivity index (χ0) is 38.5. The van der Waals surface area contributed by atoms with Crippen LogP contribution in [0.15, 0.2) is 48.7 Å². The van der Waals surface area contributed by atoms with Gasteiger partial charge in [-0.05, 0) is 74.4 Å². The third-order valence-electron chi connectivity index (χ3n) is 9.94. The fraction of sp³-hybridized carbons (Fsp3) is 0.436. The first kappa shape index (κ1) is 37.9. The largest absolute Gasteiger partial charge is 0.453 e. The van der Waals surface area contributed by atoms with E-state index < -0.39 is 36.3 Å². The van der Waals surface area contributed by atoms with Gasteiger partial charge >= 0.3 is 12.2 Å². The maximum absolute atomic E-state index is 13.5. The number of H-pyrrole nitrogens is 2. The van der Waals surface area contributed by atoms with E-state index in [2.05, 4.69) is 42.2 Å². The summed E-state index contributed by atoms with van der Waals surface area (Å²) in [6, 6.07) is 11.1. The number of aliphatic hydroxyl groups excluding tert-OH is 1. The molecule has 0 bridgehead atoms. The van der Waals surface area contributed by atoms with E-state index in [0.29, 0.717) is 31.2 Å². The van der Waals surface area contributed by atoms with Gasteiger partial charge in [0.2, 0.25) is 11.8 Å². The number of hydrogen-bond donors (Lipinski definition) is 5. The molecule has 2 aliphatic heterocycles. The summed E-state index contributed by atoms with van der Waals surface area (Å²) in [4.78, 5) is 70.2. The third kappa shape index (κ3) is 8.18. The van der Waals surface area contributed by atoms with Gasteiger partial charge in [-0.15, -0.1) is 0 Å². The number of aromatic amines is 2. The molecular formula is C39H46N8O7. The summed E-state index contributed by atoms with van der Waals surface area (Å²) >= 11 is 0. The lowest BCUT2D eigenvalue weighted by Crippen LogP contribution is -2.53. The number of carbonyl (C=O) groups is 4. The molecule has 2 aromatic carbocycles. The summed E-state index contributed by atoms with van der Waals surface area (Å²) in [5, 5.41) is 15.3. The average molecular weight is 739 g/mol. The number of nitrogens with zero attached hydrogens (tertiary/aromatic N) is 4. The number of rotatable bonds is 9. The predicted octanol–water partition coefficient (Wildman–Crippen LogP) is 4.17. The minimum atomic E-state index is -1.14. The number of amides is 4. The smallest absolute Gasteiger partial charge is 0.407 e. The molecule has 0 radical (unpaired) electrons. The second-order valence-electron chi connectivity index (χ2n) is 14.0. The van der Waals surface area contributed by atoms with Crippen LogP contribution >= 0.6 is 0 Å². The van der Waals surface area contributed by atoms with Gasteiger partial charge in [-0.3, -0.25) is 9.59 Å². The normalized spacial score (nSPS) is 18.5. The maximum Gasteiger partial charge on any atom is 0.407 e. The Morgan fingerprint density at radius 2 is 1.39 bits per heavy atom. The highest BCUT2D eigenvalue weighted by molar-refractivity contribution is 5.87. The van der Waals surface area contributed by atoms with Crippen LogP contribution in [0.4, 0.5) is 9.59 Å². The number of carbonyl (C=O) groups excluding carboxylic acids is 4. The van der Waals surface area contributed by atoms with Crippen LogP contribution in [0.5, 0.6) is 0 Å². The van der Waals surface area contributed by atoms with Crippen molar-refractivity contribution < 1.29 is 33.8 Å². The predicted molar refractivity (Wildman–Crippen MR) is 199 cm³/mol. The van der Waals surface area contributed by atoms with Crippen molar-refractivity contribution in [1.29, 1.82) is 0 Å². The number of fused-ring (bicyclic) bond motifs is 1. The summed E-state index contributed by atoms with van der Waals surface area (Å²) in [6.07, 6.45) is 2.27. The molecule has 0 aliphatic carbocycles. The van der Waals surface area contributed by atoms with Crippen LogP contribution in [-0.4, -0.2) is 104 Å². The molecule has 2 aliphatic rings. The van der Waals surface area contributed by atoms with Crippen LogP contribution in [0.25, 0.3) is 22.3 Å². The van der Waals surface area contributed by atoms with E-state index in [1.807, 2.05) is 56.3 Å². The third-order valence-corrected chi connectivity index (χ3v) is 9.94. The molecule has 1 unspecified atom stereocenters. The molecule has 15 heteroatoms. The van der Waals surface area contributed by atoms with Crippen molar-refractivity contribution in [3.05, 3.63) is 71.4 Å². The van der Waals surface area contributed by atoms with Crippen LogP contribution in [0.1, 0.15) is 81.3 Å². The van der Waals surface area contributed by atoms with Gasteiger partial charge in [0.15, 0.2) is 0 Å². The number of aliphatic hydroxyl groups is 1. The number of likely N-dealkylation sites (tertiary alicyclic amines) is 2. The second kappa shape index (κ2) is 16.4. The maximum atomic E-state index is 13.5. The highest BCUT2D eigenvalue weighted by Gasteiger charge is 2.39. The molecule has 4 heterocycles. The summed E-state index contributed by atoms with van der Waals surface area (Å²) in [5.41, 5.74) is 4.87. The summed E-state index contributed by atoms with van der Waals surface area (Å²) in [7, 11) is 2.48. The monoisotopic (exact) mass is 738 g/mol. The Labute approximate surface area is 313 Å². The summed E-state index contributed by atoms with van der Waals surface area (Å²) < 4.78 is 9.38. The van der Waals surface area contributed by atoms with Gasteiger partial charge in [-0.25, -0.2) is 19.6 Å². The Kier molecular flexibility index (Phi) is 11.5. The molecule has 5 atom stereocenters. The first-order valence-electron chi connectivity index (χ1n) is 18.1. The van der Waals surface area contributed by atoms with E-state index in [4.69, 9.17) is 9.72 Å². The van der Waals surface area contributed by atoms with Crippen molar-refractivity contribution in [3.63, 3.8) is 0 Å². The second-order valence-corrected chi connectivity index (χ2v) is 14.0. The number of ether oxygens (including phenoxy) is 2. The Morgan fingerprint density at radius 1 is 0.815 bits per heavy atom. The molecule has 0 saturated carbocycles. The van der Waals surface area contributed by atoms with E-state index in [-0.39, 0.29) is 23.9 Å². The summed E-state index contributed by atoms with van der Waals surface area (Å²) in [6.45, 7) is 6.28. The topological polar surface area (TPSA) is 195 Å². The molecule has 2 fully saturated rings. The van der Waals surface area contributed by atoms with Gasteiger partial charge in [-0.1, -0.05) is 37.8 Å². The highest BCUT2D eigenvalue weighted by Crippen LogP contribution is 2.34. The molecule has 15 nitrogen and oxygen atoms in total. The summed E-state index contributed by atoms with van der Waals surface area (Å²) in [5.74, 6) is 7.10. The molecule has 4 aromatic rings. The van der Waals surface area contributed by atoms with E-state index in [1.165, 1.54) is 21.1 Å². The fourth-order valence-electron chi connectivity index (χ4n) is 7.06. The standard InChI is InChI=1S/C39H46N8O7/c1-22(2)32(44-38(51)53-4)36(49)46-18-6-8-30(46)34-40-21-29(43-34)26-15-12-24(13-16-26)10-11-25-14-17-27-28(20-25)42-35(41-27)31-9-7-19-47(31)37(50)33(23(3)48)45-39(52)54-5/h12-17,20-23,30-33,48H,6-9,18-19H2,1-5H3,(H,40,43)(H,41,42)(H,44,51)(H,45,52)/t23-,30?,31-,32-,33-/m0/s1. The zero-order valence-electron chi connectivity index (χ0n) is 31.0. The van der Waals surface area contributed by atoms with Crippen molar-refractivity contribution in [1.82, 2.24) is 40.4 Å². The van der Waals surface area contributed by atoms with Crippen LogP contribution in [0.2, 0.25) is 0 Å². The van der Waals surface area contributed by atoms with Gasteiger partial charge in [0.1, 0.15) is 23.7 Å². The number of hydrogen-bond acceptors (Lipinski definition) is 9. The molecule has 5 N–H and O–H groups in total. The first-order valence-corrected chi connectivity index (χ1v) is 18.1. The van der Waals surface area contributed by atoms with Crippen LogP contribution in [0.3, 0.4) is 0 Å². The van der Waals surface area contributed by atoms with E-state index in [9.17, 15) is 24.3 Å². The number of aromatic nitrogens is 4. The Balaban J connectivity index is 1.12. The van der Waals surface area contributed by atoms with E-state index in [0.717, 1.165) is 52.7 Å². The number of imidazole rings is 2. The van der Waals surface area contributed by atoms with Crippen molar-refractivity contribution >= 4 is 35.0 Å². The first-order chi connectivity index (χ1) is 26.0. The lowest BCUT2D eigenvalue weighted by molar-refractivity contribution is -0.137. The molecule has 6 rings (SSSR count). The number of methoxy groups -OCH3 is 2. The van der Waals surface area contributed by atoms with Crippen molar-refractivity contribution in [2.75, 3.05) is 27.3 Å². The Morgan fingerprint density at radius 3 is 2.00 bits per heavy atom. The molecule has 2 saturated heterocycles. The van der Waals surface area contributed by atoms with Gasteiger partial charge < -0.3 is 45.0 Å². The van der Waals surface area contributed by atoms with Crippen molar-refractivity contribution in [2.24, 2.45) is 5.92 Å². The van der Waals surface area contributed by atoms with Gasteiger partial charge in [0.05, 0.1) is 55.3 Å². The molecule has 54 heavy (non-hydrogen) atoms. The van der Waals surface area contributed by atoms with Gasteiger partial charge in [-0.2, -0.15) is 0 Å².